The molecule has 1 aliphatic heterocycles. The number of aromatic nitrogens is 4. The molecule has 3 heterocycles. The molecule has 0 aromatic carbocycles. The third-order valence-corrected chi connectivity index (χ3v) is 6.78. The molecule has 0 radical (unpaired) electrons. The van der Waals surface area contributed by atoms with Gasteiger partial charge in [0.1, 0.15) is 4.21 Å². The van der Waals surface area contributed by atoms with Crippen molar-refractivity contribution in [2.75, 3.05) is 13.1 Å². The Labute approximate surface area is 121 Å². The fourth-order valence-corrected chi connectivity index (χ4v) is 5.24. The van der Waals surface area contributed by atoms with E-state index >= 15 is 0 Å². The van der Waals surface area contributed by atoms with Gasteiger partial charge < -0.3 is 0 Å². The molecule has 9 heteroatoms. The van der Waals surface area contributed by atoms with Crippen molar-refractivity contribution in [3.8, 4) is 10.7 Å². The molecule has 0 unspecified atom stereocenters. The topological polar surface area (TPSA) is 81.0 Å². The molecule has 1 aliphatic rings. The molecule has 0 aliphatic carbocycles. The molecule has 0 saturated carbocycles. The number of nitrogens with zero attached hydrogens (tertiary/aromatic N) is 5. The van der Waals surface area contributed by atoms with Gasteiger partial charge in [0.05, 0.1) is 4.88 Å². The Hall–Kier alpha value is -1.32. The fourth-order valence-electron chi connectivity index (χ4n) is 2.25. The molecular formula is C11H15N5O2S2. The summed E-state index contributed by atoms with van der Waals surface area (Å²) in [4.78, 5) is 0.757. The normalized spacial score (nSPS) is 17.4. The van der Waals surface area contributed by atoms with Crippen molar-refractivity contribution in [2.45, 2.75) is 23.5 Å². The van der Waals surface area contributed by atoms with Gasteiger partial charge in [-0.1, -0.05) is 6.42 Å². The number of hydrogen-bond donors (Lipinski definition) is 0. The SMILES string of the molecule is Cn1nnnc1-c1ccc(S(=O)(=O)N2CCCCC2)s1. The number of sulfonamides is 1. The molecule has 3 rings (SSSR count). The van der Waals surface area contributed by atoms with Crippen molar-refractivity contribution in [1.29, 1.82) is 0 Å². The Kier molecular flexibility index (Phi) is 3.57. The maximum absolute atomic E-state index is 12.5. The first kappa shape index (κ1) is 13.7. The second kappa shape index (κ2) is 5.23. The van der Waals surface area contributed by atoms with E-state index in [4.69, 9.17) is 0 Å². The Balaban J connectivity index is 1.91. The summed E-state index contributed by atoms with van der Waals surface area (Å²) in [5.41, 5.74) is 0. The molecule has 20 heavy (non-hydrogen) atoms. The molecule has 0 atom stereocenters. The molecule has 108 valence electrons. The van der Waals surface area contributed by atoms with Crippen molar-refractivity contribution in [3.63, 3.8) is 0 Å². The van der Waals surface area contributed by atoms with Gasteiger partial charge in [0.2, 0.25) is 0 Å². The highest BCUT2D eigenvalue weighted by molar-refractivity contribution is 7.91. The molecule has 2 aromatic heterocycles. The summed E-state index contributed by atoms with van der Waals surface area (Å²) < 4.78 is 28.5. The van der Waals surface area contributed by atoms with Crippen LogP contribution in [0.5, 0.6) is 0 Å². The predicted octanol–water partition coefficient (Wildman–Crippen LogP) is 1.11. The zero-order valence-corrected chi connectivity index (χ0v) is 12.7. The Morgan fingerprint density at radius 2 is 1.95 bits per heavy atom. The van der Waals surface area contributed by atoms with Crippen LogP contribution in [-0.4, -0.2) is 46.0 Å². The van der Waals surface area contributed by atoms with Crippen molar-refractivity contribution >= 4 is 21.4 Å². The van der Waals surface area contributed by atoms with E-state index in [1.54, 1.807) is 23.5 Å². The first-order valence-corrected chi connectivity index (χ1v) is 8.67. The first-order chi connectivity index (χ1) is 9.59. The van der Waals surface area contributed by atoms with Gasteiger partial charge in [0.15, 0.2) is 5.82 Å². The van der Waals surface area contributed by atoms with Crippen LogP contribution in [0.25, 0.3) is 10.7 Å². The van der Waals surface area contributed by atoms with Gasteiger partial charge in [0, 0.05) is 20.1 Å². The summed E-state index contributed by atoms with van der Waals surface area (Å²) in [6, 6.07) is 3.39. The Bertz CT molecular complexity index is 700. The van der Waals surface area contributed by atoms with Crippen LogP contribution in [0.1, 0.15) is 19.3 Å². The van der Waals surface area contributed by atoms with Crippen LogP contribution < -0.4 is 0 Å². The summed E-state index contributed by atoms with van der Waals surface area (Å²) in [5, 5.41) is 11.2. The summed E-state index contributed by atoms with van der Waals surface area (Å²) in [7, 11) is -1.64. The van der Waals surface area contributed by atoms with E-state index in [1.807, 2.05) is 0 Å². The monoisotopic (exact) mass is 313 g/mol. The predicted molar refractivity (Wildman–Crippen MR) is 74.7 cm³/mol. The van der Waals surface area contributed by atoms with Gasteiger partial charge in [-0.3, -0.25) is 0 Å². The summed E-state index contributed by atoms with van der Waals surface area (Å²) in [6.45, 7) is 1.22. The Morgan fingerprint density at radius 1 is 1.20 bits per heavy atom. The van der Waals surface area contributed by atoms with Crippen LogP contribution in [0, 0.1) is 0 Å². The number of aryl methyl sites for hydroxylation is 1. The molecule has 7 nitrogen and oxygen atoms in total. The molecule has 2 aromatic rings. The number of thiophene rings is 1. The fraction of sp³-hybridized carbons (Fsp3) is 0.545. The molecule has 0 bridgehead atoms. The van der Waals surface area contributed by atoms with Crippen LogP contribution in [-0.2, 0) is 17.1 Å². The van der Waals surface area contributed by atoms with Gasteiger partial charge in [-0.15, -0.1) is 16.4 Å². The standard InChI is InChI=1S/C11H15N5O2S2/c1-15-11(12-13-14-15)9-5-6-10(19-9)20(17,18)16-7-3-2-4-8-16/h5-6H,2-4,7-8H2,1H3. The molecule has 1 saturated heterocycles. The lowest BCUT2D eigenvalue weighted by Crippen LogP contribution is -2.35. The van der Waals surface area contributed by atoms with Crippen LogP contribution >= 0.6 is 11.3 Å². The Morgan fingerprint density at radius 3 is 2.60 bits per heavy atom. The molecule has 0 N–H and O–H groups in total. The zero-order chi connectivity index (χ0) is 14.2. The van der Waals surface area contributed by atoms with Gasteiger partial charge in [-0.25, -0.2) is 13.1 Å². The third kappa shape index (κ3) is 2.36. The summed E-state index contributed by atoms with van der Waals surface area (Å²) in [6.07, 6.45) is 2.97. The van der Waals surface area contributed by atoms with Crippen molar-refractivity contribution in [2.24, 2.45) is 7.05 Å². The van der Waals surface area contributed by atoms with Crippen molar-refractivity contribution in [1.82, 2.24) is 24.5 Å². The first-order valence-electron chi connectivity index (χ1n) is 6.42. The molecular weight excluding hydrogens is 298 g/mol. The quantitative estimate of drug-likeness (QED) is 0.848. The van der Waals surface area contributed by atoms with E-state index in [9.17, 15) is 8.42 Å². The number of hydrogen-bond acceptors (Lipinski definition) is 6. The highest BCUT2D eigenvalue weighted by Gasteiger charge is 2.27. The highest BCUT2D eigenvalue weighted by atomic mass is 32.2. The summed E-state index contributed by atoms with van der Waals surface area (Å²) >= 11 is 1.21. The van der Waals surface area contributed by atoms with E-state index in [0.29, 0.717) is 23.1 Å². The minimum absolute atomic E-state index is 0.359. The number of piperidine rings is 1. The smallest absolute Gasteiger partial charge is 0.228 e. The van der Waals surface area contributed by atoms with Crippen LogP contribution in [0.15, 0.2) is 16.3 Å². The van der Waals surface area contributed by atoms with E-state index in [1.165, 1.54) is 16.0 Å². The summed E-state index contributed by atoms with van der Waals surface area (Å²) in [5.74, 6) is 0.579. The minimum Gasteiger partial charge on any atom is -0.228 e. The second-order valence-electron chi connectivity index (χ2n) is 4.71. The maximum atomic E-state index is 12.5. The zero-order valence-electron chi connectivity index (χ0n) is 11.1. The third-order valence-electron chi connectivity index (χ3n) is 3.33. The van der Waals surface area contributed by atoms with Crippen molar-refractivity contribution < 1.29 is 8.42 Å². The largest absolute Gasteiger partial charge is 0.252 e. The molecule has 0 amide bonds. The van der Waals surface area contributed by atoms with Gasteiger partial charge in [-0.2, -0.15) is 4.31 Å². The van der Waals surface area contributed by atoms with E-state index in [-0.39, 0.29) is 0 Å². The van der Waals surface area contributed by atoms with E-state index in [2.05, 4.69) is 15.5 Å². The maximum Gasteiger partial charge on any atom is 0.252 e. The second-order valence-corrected chi connectivity index (χ2v) is 7.96. The van der Waals surface area contributed by atoms with Crippen LogP contribution in [0.2, 0.25) is 0 Å². The average Bonchev–Trinajstić information content (AvgIpc) is 3.08. The van der Waals surface area contributed by atoms with Crippen LogP contribution in [0.4, 0.5) is 0 Å². The molecule has 1 fully saturated rings. The minimum atomic E-state index is -3.37. The van der Waals surface area contributed by atoms with E-state index in [0.717, 1.165) is 24.1 Å². The van der Waals surface area contributed by atoms with Crippen LogP contribution in [0.3, 0.4) is 0 Å². The molecule has 0 spiro atoms. The lowest BCUT2D eigenvalue weighted by Gasteiger charge is -2.25. The van der Waals surface area contributed by atoms with Crippen molar-refractivity contribution in [3.05, 3.63) is 12.1 Å². The average molecular weight is 313 g/mol. The van der Waals surface area contributed by atoms with Gasteiger partial charge >= 0.3 is 0 Å². The number of tetrazole rings is 1. The number of rotatable bonds is 3. The lowest BCUT2D eigenvalue weighted by molar-refractivity contribution is 0.347. The van der Waals surface area contributed by atoms with Gasteiger partial charge in [0.25, 0.3) is 10.0 Å². The van der Waals surface area contributed by atoms with Gasteiger partial charge in [-0.05, 0) is 35.4 Å². The van der Waals surface area contributed by atoms with E-state index < -0.39 is 10.0 Å². The highest BCUT2D eigenvalue weighted by Crippen LogP contribution is 2.31. The lowest BCUT2D eigenvalue weighted by atomic mass is 10.2.